The van der Waals surface area contributed by atoms with Gasteiger partial charge in [-0.3, -0.25) is 0 Å². The molecule has 0 radical (unpaired) electrons. The van der Waals surface area contributed by atoms with Crippen LogP contribution in [-0.4, -0.2) is 12.6 Å². The zero-order valence-corrected chi connectivity index (χ0v) is 13.9. The monoisotopic (exact) mass is 289 g/mol. The Balaban J connectivity index is 1.91. The maximum atomic E-state index is 5.65. The predicted molar refractivity (Wildman–Crippen MR) is 89.8 cm³/mol. The predicted octanol–water partition coefficient (Wildman–Crippen LogP) is 5.09. The van der Waals surface area contributed by atoms with E-state index in [2.05, 4.69) is 50.4 Å². The summed E-state index contributed by atoms with van der Waals surface area (Å²) >= 11 is 0. The third kappa shape index (κ3) is 5.03. The van der Waals surface area contributed by atoms with Crippen LogP contribution in [0.2, 0.25) is 0 Å². The van der Waals surface area contributed by atoms with Crippen LogP contribution < -0.4 is 10.1 Å². The van der Waals surface area contributed by atoms with Gasteiger partial charge in [0, 0.05) is 12.1 Å². The molecule has 1 aromatic rings. The van der Waals surface area contributed by atoms with Crippen molar-refractivity contribution >= 4 is 0 Å². The van der Waals surface area contributed by atoms with E-state index >= 15 is 0 Å². The van der Waals surface area contributed by atoms with Crippen LogP contribution in [0.3, 0.4) is 0 Å². The van der Waals surface area contributed by atoms with Crippen molar-refractivity contribution in [3.8, 4) is 5.75 Å². The van der Waals surface area contributed by atoms with Crippen molar-refractivity contribution in [2.24, 2.45) is 5.92 Å². The fourth-order valence-electron chi connectivity index (χ4n) is 3.23. The topological polar surface area (TPSA) is 21.3 Å². The minimum Gasteiger partial charge on any atom is -0.494 e. The van der Waals surface area contributed by atoms with Gasteiger partial charge in [0.1, 0.15) is 5.75 Å². The van der Waals surface area contributed by atoms with Crippen LogP contribution in [0.4, 0.5) is 0 Å². The van der Waals surface area contributed by atoms with Gasteiger partial charge >= 0.3 is 0 Å². The summed E-state index contributed by atoms with van der Waals surface area (Å²) in [5, 5.41) is 3.85. The second kappa shape index (κ2) is 8.43. The lowest BCUT2D eigenvalue weighted by Crippen LogP contribution is -2.36. The van der Waals surface area contributed by atoms with Gasteiger partial charge in [-0.15, -0.1) is 0 Å². The molecule has 1 aliphatic rings. The highest BCUT2D eigenvalue weighted by Gasteiger charge is 2.21. The van der Waals surface area contributed by atoms with E-state index in [0.29, 0.717) is 12.1 Å². The SMILES string of the molecule is CCCOc1ccc(C(C)NC2CCCCCC2C)cc1. The van der Waals surface area contributed by atoms with Gasteiger partial charge in [-0.1, -0.05) is 45.2 Å². The lowest BCUT2D eigenvalue weighted by molar-refractivity contribution is 0.316. The molecule has 21 heavy (non-hydrogen) atoms. The molecule has 2 nitrogen and oxygen atoms in total. The molecule has 0 saturated heterocycles. The van der Waals surface area contributed by atoms with Gasteiger partial charge in [0.05, 0.1) is 6.61 Å². The van der Waals surface area contributed by atoms with Crippen molar-refractivity contribution in [3.05, 3.63) is 29.8 Å². The first-order valence-corrected chi connectivity index (χ1v) is 8.69. The summed E-state index contributed by atoms with van der Waals surface area (Å²) in [6.45, 7) is 7.61. The highest BCUT2D eigenvalue weighted by atomic mass is 16.5. The van der Waals surface area contributed by atoms with Crippen LogP contribution in [0.5, 0.6) is 5.75 Å². The molecule has 1 fully saturated rings. The van der Waals surface area contributed by atoms with Crippen LogP contribution in [0.15, 0.2) is 24.3 Å². The van der Waals surface area contributed by atoms with Gasteiger partial charge in [-0.2, -0.15) is 0 Å². The van der Waals surface area contributed by atoms with Gasteiger partial charge in [0.2, 0.25) is 0 Å². The summed E-state index contributed by atoms with van der Waals surface area (Å²) in [5.41, 5.74) is 1.36. The molecule has 3 atom stereocenters. The first-order valence-electron chi connectivity index (χ1n) is 8.69. The molecule has 0 bridgehead atoms. The Morgan fingerprint density at radius 1 is 1.14 bits per heavy atom. The molecule has 1 aromatic carbocycles. The average Bonchev–Trinajstić information content (AvgIpc) is 2.70. The van der Waals surface area contributed by atoms with Gasteiger partial charge in [-0.05, 0) is 49.8 Å². The summed E-state index contributed by atoms with van der Waals surface area (Å²) in [6, 6.07) is 9.67. The number of ether oxygens (including phenoxy) is 1. The summed E-state index contributed by atoms with van der Waals surface area (Å²) in [7, 11) is 0. The zero-order valence-electron chi connectivity index (χ0n) is 13.9. The molecule has 1 saturated carbocycles. The first kappa shape index (κ1) is 16.4. The molecule has 0 amide bonds. The van der Waals surface area contributed by atoms with Crippen molar-refractivity contribution in [2.45, 2.75) is 71.4 Å². The van der Waals surface area contributed by atoms with Gasteiger partial charge in [-0.25, -0.2) is 0 Å². The van der Waals surface area contributed by atoms with E-state index in [1.165, 1.54) is 37.7 Å². The fourth-order valence-corrected chi connectivity index (χ4v) is 3.23. The van der Waals surface area contributed by atoms with E-state index in [9.17, 15) is 0 Å². The van der Waals surface area contributed by atoms with Crippen LogP contribution in [-0.2, 0) is 0 Å². The Kier molecular flexibility index (Phi) is 6.56. The summed E-state index contributed by atoms with van der Waals surface area (Å²) in [6.07, 6.45) is 7.92. The van der Waals surface area contributed by atoms with Crippen LogP contribution in [0.1, 0.15) is 70.9 Å². The Labute approximate surface area is 130 Å². The Morgan fingerprint density at radius 3 is 2.57 bits per heavy atom. The third-order valence-electron chi connectivity index (χ3n) is 4.68. The molecule has 2 heteroatoms. The molecule has 0 aliphatic heterocycles. The second-order valence-electron chi connectivity index (χ2n) is 6.53. The van der Waals surface area contributed by atoms with Crippen molar-refractivity contribution in [1.29, 1.82) is 0 Å². The maximum Gasteiger partial charge on any atom is 0.119 e. The molecular weight excluding hydrogens is 258 g/mol. The highest BCUT2D eigenvalue weighted by Crippen LogP contribution is 2.26. The normalized spacial score (nSPS) is 24.3. The van der Waals surface area contributed by atoms with E-state index in [1.807, 2.05) is 0 Å². The minimum absolute atomic E-state index is 0.413. The quantitative estimate of drug-likeness (QED) is 0.736. The highest BCUT2D eigenvalue weighted by molar-refractivity contribution is 5.29. The summed E-state index contributed by atoms with van der Waals surface area (Å²) < 4.78 is 5.65. The van der Waals surface area contributed by atoms with Crippen molar-refractivity contribution in [3.63, 3.8) is 0 Å². The Bertz CT molecular complexity index is 401. The number of benzene rings is 1. The summed E-state index contributed by atoms with van der Waals surface area (Å²) in [5.74, 6) is 1.78. The van der Waals surface area contributed by atoms with Crippen LogP contribution in [0.25, 0.3) is 0 Å². The number of hydrogen-bond donors (Lipinski definition) is 1. The number of hydrogen-bond acceptors (Lipinski definition) is 2. The molecule has 0 heterocycles. The molecule has 3 unspecified atom stereocenters. The zero-order chi connectivity index (χ0) is 15.1. The molecule has 0 aromatic heterocycles. The molecule has 2 rings (SSSR count). The largest absolute Gasteiger partial charge is 0.494 e. The van der Waals surface area contributed by atoms with E-state index in [1.54, 1.807) is 0 Å². The fraction of sp³-hybridized carbons (Fsp3) is 0.684. The van der Waals surface area contributed by atoms with Gasteiger partial charge < -0.3 is 10.1 Å². The van der Waals surface area contributed by atoms with Gasteiger partial charge in [0.25, 0.3) is 0 Å². The van der Waals surface area contributed by atoms with Crippen LogP contribution in [0, 0.1) is 5.92 Å². The maximum absolute atomic E-state index is 5.65. The van der Waals surface area contributed by atoms with Gasteiger partial charge in [0.15, 0.2) is 0 Å². The molecular formula is C19H31NO. The van der Waals surface area contributed by atoms with E-state index < -0.39 is 0 Å². The second-order valence-corrected chi connectivity index (χ2v) is 6.53. The van der Waals surface area contributed by atoms with E-state index in [0.717, 1.165) is 24.7 Å². The van der Waals surface area contributed by atoms with Crippen LogP contribution >= 0.6 is 0 Å². The molecule has 118 valence electrons. The minimum atomic E-state index is 0.413. The summed E-state index contributed by atoms with van der Waals surface area (Å²) in [4.78, 5) is 0. The smallest absolute Gasteiger partial charge is 0.119 e. The number of nitrogens with one attached hydrogen (secondary N) is 1. The van der Waals surface area contributed by atoms with Crippen molar-refractivity contribution < 1.29 is 4.74 Å². The molecule has 0 spiro atoms. The molecule has 1 N–H and O–H groups in total. The standard InChI is InChI=1S/C19H31NO/c1-4-14-21-18-12-10-17(11-13-18)16(3)20-19-9-7-5-6-8-15(19)2/h10-13,15-16,19-20H,4-9,14H2,1-3H3. The first-order chi connectivity index (χ1) is 10.2. The van der Waals surface area contributed by atoms with E-state index in [-0.39, 0.29) is 0 Å². The lowest BCUT2D eigenvalue weighted by Gasteiger charge is -2.27. The Morgan fingerprint density at radius 2 is 1.86 bits per heavy atom. The molecule has 1 aliphatic carbocycles. The third-order valence-corrected chi connectivity index (χ3v) is 4.68. The van der Waals surface area contributed by atoms with E-state index in [4.69, 9.17) is 4.74 Å². The van der Waals surface area contributed by atoms with Crippen molar-refractivity contribution in [2.75, 3.05) is 6.61 Å². The Hall–Kier alpha value is -1.02. The lowest BCUT2D eigenvalue weighted by atomic mass is 9.95. The number of rotatable bonds is 6. The average molecular weight is 289 g/mol. The van der Waals surface area contributed by atoms with Crippen molar-refractivity contribution in [1.82, 2.24) is 5.32 Å².